The highest BCUT2D eigenvalue weighted by Gasteiger charge is 2.12. The first kappa shape index (κ1) is 14.7. The van der Waals surface area contributed by atoms with Crippen LogP contribution in [0.1, 0.15) is 19.7 Å². The van der Waals surface area contributed by atoms with Crippen molar-refractivity contribution in [2.24, 2.45) is 0 Å². The number of likely N-dealkylation sites (N-methyl/N-ethyl adjacent to an activating group) is 1. The van der Waals surface area contributed by atoms with Gasteiger partial charge in [0.15, 0.2) is 5.82 Å². The summed E-state index contributed by atoms with van der Waals surface area (Å²) in [4.78, 5) is 10.7. The molecule has 6 heteroatoms. The molecule has 2 N–H and O–H groups in total. The Hall–Kier alpha value is -1.40. The molecule has 0 aromatic carbocycles. The van der Waals surface area contributed by atoms with Gasteiger partial charge in [-0.25, -0.2) is 9.97 Å². The van der Waals surface area contributed by atoms with Crippen LogP contribution >= 0.6 is 0 Å². The van der Waals surface area contributed by atoms with Gasteiger partial charge < -0.3 is 20.1 Å². The summed E-state index contributed by atoms with van der Waals surface area (Å²) in [5, 5.41) is 12.2. The van der Waals surface area contributed by atoms with E-state index >= 15 is 0 Å². The zero-order valence-electron chi connectivity index (χ0n) is 11.5. The second-order valence-electron chi connectivity index (χ2n) is 4.06. The van der Waals surface area contributed by atoms with Crippen LogP contribution in [0.25, 0.3) is 0 Å². The average Bonchev–Trinajstić information content (AvgIpc) is 2.42. The molecule has 0 spiro atoms. The van der Waals surface area contributed by atoms with Crippen LogP contribution in [-0.2, 0) is 11.3 Å². The maximum atomic E-state index is 9.18. The van der Waals surface area contributed by atoms with E-state index in [-0.39, 0.29) is 12.6 Å². The molecule has 1 heterocycles. The van der Waals surface area contributed by atoms with Crippen molar-refractivity contribution in [3.63, 3.8) is 0 Å². The van der Waals surface area contributed by atoms with Gasteiger partial charge >= 0.3 is 0 Å². The van der Waals surface area contributed by atoms with Crippen molar-refractivity contribution < 1.29 is 9.84 Å². The number of hydrogen-bond donors (Lipinski definition) is 2. The van der Waals surface area contributed by atoms with Gasteiger partial charge in [-0.1, -0.05) is 0 Å². The molecule has 6 nitrogen and oxygen atoms in total. The average molecular weight is 254 g/mol. The van der Waals surface area contributed by atoms with Gasteiger partial charge in [-0.2, -0.15) is 0 Å². The van der Waals surface area contributed by atoms with Gasteiger partial charge in [-0.3, -0.25) is 0 Å². The number of aliphatic hydroxyl groups excluding tert-OH is 1. The van der Waals surface area contributed by atoms with Crippen LogP contribution in [0.15, 0.2) is 6.07 Å². The van der Waals surface area contributed by atoms with Gasteiger partial charge in [0.1, 0.15) is 18.2 Å². The summed E-state index contributed by atoms with van der Waals surface area (Å²) in [5.74, 6) is 2.15. The Morgan fingerprint density at radius 1 is 1.50 bits per heavy atom. The molecule has 1 unspecified atom stereocenters. The molecule has 0 aliphatic heterocycles. The standard InChI is InChI=1S/C12H22N4O2/c1-5-18-8-11-14-10(13-3)6-12(15-11)16(4)9(2)7-17/h6,9,17H,5,7-8H2,1-4H3,(H,13,14,15). The molecule has 0 aliphatic rings. The van der Waals surface area contributed by atoms with E-state index in [1.54, 1.807) is 0 Å². The van der Waals surface area contributed by atoms with Gasteiger partial charge in [0.2, 0.25) is 0 Å². The Bertz CT molecular complexity index is 373. The van der Waals surface area contributed by atoms with E-state index in [1.807, 2.05) is 38.9 Å². The summed E-state index contributed by atoms with van der Waals surface area (Å²) in [5.41, 5.74) is 0. The van der Waals surface area contributed by atoms with E-state index in [1.165, 1.54) is 0 Å². The van der Waals surface area contributed by atoms with Crippen LogP contribution in [-0.4, -0.2) is 48.4 Å². The lowest BCUT2D eigenvalue weighted by Crippen LogP contribution is -2.32. The van der Waals surface area contributed by atoms with Crippen molar-refractivity contribution in [3.05, 3.63) is 11.9 Å². The second-order valence-corrected chi connectivity index (χ2v) is 4.06. The topological polar surface area (TPSA) is 70.5 Å². The second kappa shape index (κ2) is 7.13. The molecule has 0 fully saturated rings. The highest BCUT2D eigenvalue weighted by atomic mass is 16.5. The number of aliphatic hydroxyl groups is 1. The zero-order chi connectivity index (χ0) is 13.5. The number of nitrogens with one attached hydrogen (secondary N) is 1. The number of rotatable bonds is 7. The van der Waals surface area contributed by atoms with Gasteiger partial charge in [0.05, 0.1) is 12.6 Å². The minimum absolute atomic E-state index is 0.00421. The Balaban J connectivity index is 2.95. The molecule has 1 aromatic rings. The summed E-state index contributed by atoms with van der Waals surface area (Å²) >= 11 is 0. The van der Waals surface area contributed by atoms with Crippen molar-refractivity contribution in [1.29, 1.82) is 0 Å². The van der Waals surface area contributed by atoms with Crippen LogP contribution in [0, 0.1) is 0 Å². The van der Waals surface area contributed by atoms with E-state index in [9.17, 15) is 5.11 Å². The number of aromatic nitrogens is 2. The molecule has 0 amide bonds. The summed E-state index contributed by atoms with van der Waals surface area (Å²) in [6, 6.07) is 1.85. The van der Waals surface area contributed by atoms with Crippen LogP contribution < -0.4 is 10.2 Å². The van der Waals surface area contributed by atoms with Crippen LogP contribution in [0.5, 0.6) is 0 Å². The third-order valence-corrected chi connectivity index (χ3v) is 2.74. The number of nitrogens with zero attached hydrogens (tertiary/aromatic N) is 3. The zero-order valence-corrected chi connectivity index (χ0v) is 11.5. The maximum absolute atomic E-state index is 9.18. The van der Waals surface area contributed by atoms with Gasteiger partial charge in [-0.05, 0) is 13.8 Å². The fraction of sp³-hybridized carbons (Fsp3) is 0.667. The van der Waals surface area contributed by atoms with Gasteiger partial charge in [0, 0.05) is 26.8 Å². The predicted octanol–water partition coefficient (Wildman–Crippen LogP) is 0.872. The highest BCUT2D eigenvalue weighted by molar-refractivity contribution is 5.49. The van der Waals surface area contributed by atoms with Crippen molar-refractivity contribution in [2.75, 3.05) is 37.5 Å². The number of anilines is 2. The van der Waals surface area contributed by atoms with Crippen LogP contribution in [0.3, 0.4) is 0 Å². The van der Waals surface area contributed by atoms with Crippen molar-refractivity contribution in [1.82, 2.24) is 9.97 Å². The lowest BCUT2D eigenvalue weighted by atomic mass is 10.3. The predicted molar refractivity (Wildman–Crippen MR) is 71.9 cm³/mol. The molecule has 1 aromatic heterocycles. The SMILES string of the molecule is CCOCc1nc(NC)cc(N(C)C(C)CO)n1. The first-order chi connectivity index (χ1) is 8.62. The first-order valence-electron chi connectivity index (χ1n) is 6.09. The van der Waals surface area contributed by atoms with Crippen LogP contribution in [0.4, 0.5) is 11.6 Å². The van der Waals surface area contributed by atoms with E-state index < -0.39 is 0 Å². The van der Waals surface area contributed by atoms with Crippen LogP contribution in [0.2, 0.25) is 0 Å². The number of ether oxygens (including phenoxy) is 1. The highest BCUT2D eigenvalue weighted by Crippen LogP contribution is 2.16. The lowest BCUT2D eigenvalue weighted by Gasteiger charge is -2.24. The minimum atomic E-state index is 0.00421. The fourth-order valence-electron chi connectivity index (χ4n) is 1.40. The summed E-state index contributed by atoms with van der Waals surface area (Å²) in [6.45, 7) is 4.97. The largest absolute Gasteiger partial charge is 0.394 e. The van der Waals surface area contributed by atoms with Gasteiger partial charge in [0.25, 0.3) is 0 Å². The fourth-order valence-corrected chi connectivity index (χ4v) is 1.40. The minimum Gasteiger partial charge on any atom is -0.394 e. The molecule has 0 saturated carbocycles. The molecule has 1 atom stereocenters. The van der Waals surface area contributed by atoms with Crippen molar-refractivity contribution in [3.8, 4) is 0 Å². The summed E-state index contributed by atoms with van der Waals surface area (Å²) in [6.07, 6.45) is 0. The Kier molecular flexibility index (Phi) is 5.80. The molecule has 102 valence electrons. The van der Waals surface area contributed by atoms with E-state index in [0.717, 1.165) is 11.6 Å². The smallest absolute Gasteiger partial charge is 0.158 e. The lowest BCUT2D eigenvalue weighted by molar-refractivity contribution is 0.128. The monoisotopic (exact) mass is 254 g/mol. The molecular formula is C12H22N4O2. The summed E-state index contributed by atoms with van der Waals surface area (Å²) < 4.78 is 5.32. The molecule has 0 aliphatic carbocycles. The Morgan fingerprint density at radius 2 is 2.22 bits per heavy atom. The van der Waals surface area contributed by atoms with E-state index in [4.69, 9.17) is 4.74 Å². The molecule has 1 rings (SSSR count). The van der Waals surface area contributed by atoms with E-state index in [2.05, 4.69) is 15.3 Å². The third kappa shape index (κ3) is 3.82. The maximum Gasteiger partial charge on any atom is 0.158 e. The molecule has 0 radical (unpaired) electrons. The molecule has 0 bridgehead atoms. The Morgan fingerprint density at radius 3 is 2.78 bits per heavy atom. The van der Waals surface area contributed by atoms with Crippen molar-refractivity contribution in [2.45, 2.75) is 26.5 Å². The molecule has 0 saturated heterocycles. The molecular weight excluding hydrogens is 232 g/mol. The molecule has 18 heavy (non-hydrogen) atoms. The summed E-state index contributed by atoms with van der Waals surface area (Å²) in [7, 11) is 3.71. The third-order valence-electron chi connectivity index (χ3n) is 2.74. The van der Waals surface area contributed by atoms with Crippen molar-refractivity contribution >= 4 is 11.6 Å². The number of hydrogen-bond acceptors (Lipinski definition) is 6. The quantitative estimate of drug-likeness (QED) is 0.752. The Labute approximate surface area is 108 Å². The first-order valence-corrected chi connectivity index (χ1v) is 6.09. The van der Waals surface area contributed by atoms with E-state index in [0.29, 0.717) is 19.0 Å². The van der Waals surface area contributed by atoms with Gasteiger partial charge in [-0.15, -0.1) is 0 Å². The normalized spacial score (nSPS) is 12.3.